The fourth-order valence-electron chi connectivity index (χ4n) is 1.20. The number of aryl methyl sites for hydroxylation is 1. The molecule has 0 fully saturated rings. The van der Waals surface area contributed by atoms with Gasteiger partial charge >= 0.3 is 5.97 Å². The fourth-order valence-corrected chi connectivity index (χ4v) is 1.20. The first kappa shape index (κ1) is 11.6. The van der Waals surface area contributed by atoms with Crippen LogP contribution in [-0.2, 0) is 16.1 Å². The maximum absolute atomic E-state index is 10.5. The summed E-state index contributed by atoms with van der Waals surface area (Å²) >= 11 is 0. The van der Waals surface area contributed by atoms with E-state index in [1.165, 1.54) is 25.3 Å². The fraction of sp³-hybridized carbons (Fsp3) is 0.417. The zero-order valence-electron chi connectivity index (χ0n) is 9.16. The van der Waals surface area contributed by atoms with Crippen LogP contribution < -0.4 is 4.89 Å². The van der Waals surface area contributed by atoms with E-state index in [1.807, 2.05) is 12.1 Å². The number of hydrogen-bond donors (Lipinski definition) is 0. The third-order valence-corrected chi connectivity index (χ3v) is 2.00. The Bertz CT molecular complexity index is 303. The minimum Gasteiger partial charge on any atom is -0.287 e. The minimum atomic E-state index is -0.454. The van der Waals surface area contributed by atoms with Crippen molar-refractivity contribution in [1.82, 2.24) is 0 Å². The molecule has 0 unspecified atom stereocenters. The van der Waals surface area contributed by atoms with Crippen LogP contribution in [0.25, 0.3) is 0 Å². The van der Waals surface area contributed by atoms with Gasteiger partial charge in [-0.15, -0.1) is 0 Å². The summed E-state index contributed by atoms with van der Waals surface area (Å²) in [6.07, 6.45) is 3.44. The maximum atomic E-state index is 10.5. The average molecular weight is 208 g/mol. The van der Waals surface area contributed by atoms with Gasteiger partial charge in [-0.25, -0.2) is 4.79 Å². The highest BCUT2D eigenvalue weighted by molar-refractivity contribution is 5.65. The lowest BCUT2D eigenvalue weighted by Gasteiger charge is -2.03. The Morgan fingerprint density at radius 3 is 2.47 bits per heavy atom. The molecule has 1 aromatic rings. The van der Waals surface area contributed by atoms with Gasteiger partial charge in [0.05, 0.1) is 0 Å². The SMILES string of the molecule is CCCCc1ccc(OOC(C)=O)cc1. The van der Waals surface area contributed by atoms with Gasteiger partial charge in [-0.2, -0.15) is 0 Å². The van der Waals surface area contributed by atoms with Crippen LogP contribution in [0.1, 0.15) is 32.3 Å². The first-order valence-electron chi connectivity index (χ1n) is 5.16. The first-order valence-corrected chi connectivity index (χ1v) is 5.16. The lowest BCUT2D eigenvalue weighted by molar-refractivity contribution is -0.210. The number of hydrogen-bond acceptors (Lipinski definition) is 3. The second-order valence-corrected chi connectivity index (χ2v) is 3.41. The molecule has 15 heavy (non-hydrogen) atoms. The normalized spacial score (nSPS) is 9.73. The summed E-state index contributed by atoms with van der Waals surface area (Å²) in [6, 6.07) is 7.56. The van der Waals surface area contributed by atoms with E-state index >= 15 is 0 Å². The Morgan fingerprint density at radius 2 is 1.93 bits per heavy atom. The molecule has 0 atom stereocenters. The van der Waals surface area contributed by atoms with Gasteiger partial charge in [0.15, 0.2) is 5.75 Å². The molecule has 0 N–H and O–H groups in total. The highest BCUT2D eigenvalue weighted by atomic mass is 17.2. The summed E-state index contributed by atoms with van der Waals surface area (Å²) in [4.78, 5) is 19.7. The van der Waals surface area contributed by atoms with Gasteiger partial charge in [0, 0.05) is 6.92 Å². The molecule has 0 spiro atoms. The van der Waals surface area contributed by atoms with Crippen molar-refractivity contribution in [2.75, 3.05) is 0 Å². The zero-order valence-corrected chi connectivity index (χ0v) is 9.16. The van der Waals surface area contributed by atoms with E-state index in [2.05, 4.69) is 11.8 Å². The molecule has 1 rings (SSSR count). The standard InChI is InChI=1S/C12H16O3/c1-3-4-5-11-6-8-12(9-7-11)15-14-10(2)13/h6-9H,3-5H2,1-2H3. The maximum Gasteiger partial charge on any atom is 0.352 e. The van der Waals surface area contributed by atoms with Crippen LogP contribution in [0.4, 0.5) is 0 Å². The van der Waals surface area contributed by atoms with Crippen molar-refractivity contribution in [3.8, 4) is 5.75 Å². The van der Waals surface area contributed by atoms with Crippen molar-refractivity contribution in [2.45, 2.75) is 33.1 Å². The van der Waals surface area contributed by atoms with Crippen LogP contribution in [0.15, 0.2) is 24.3 Å². The predicted molar refractivity (Wildman–Crippen MR) is 57.4 cm³/mol. The summed E-state index contributed by atoms with van der Waals surface area (Å²) in [7, 11) is 0. The number of unbranched alkanes of at least 4 members (excludes halogenated alkanes) is 1. The lowest BCUT2D eigenvalue weighted by Crippen LogP contribution is -2.02. The molecule has 0 radical (unpaired) electrons. The Balaban J connectivity index is 2.45. The van der Waals surface area contributed by atoms with Crippen molar-refractivity contribution in [3.63, 3.8) is 0 Å². The highest BCUT2D eigenvalue weighted by Gasteiger charge is 1.98. The van der Waals surface area contributed by atoms with Crippen molar-refractivity contribution < 1.29 is 14.6 Å². The van der Waals surface area contributed by atoms with Crippen LogP contribution in [0, 0.1) is 0 Å². The molecule has 3 heteroatoms. The average Bonchev–Trinajstić information content (AvgIpc) is 2.25. The van der Waals surface area contributed by atoms with Crippen LogP contribution in [0.2, 0.25) is 0 Å². The molecular weight excluding hydrogens is 192 g/mol. The number of benzene rings is 1. The predicted octanol–water partition coefficient (Wildman–Crippen LogP) is 2.89. The first-order chi connectivity index (χ1) is 7.22. The number of carbonyl (C=O) groups is 1. The van der Waals surface area contributed by atoms with Gasteiger partial charge in [0.25, 0.3) is 0 Å². The summed E-state index contributed by atoms with van der Waals surface area (Å²) in [5.74, 6) is 0.0931. The van der Waals surface area contributed by atoms with E-state index < -0.39 is 5.97 Å². The molecular formula is C12H16O3. The monoisotopic (exact) mass is 208 g/mol. The quantitative estimate of drug-likeness (QED) is 0.551. The Hall–Kier alpha value is -1.51. The molecule has 0 aromatic heterocycles. The second kappa shape index (κ2) is 6.06. The molecule has 0 bridgehead atoms. The molecule has 3 nitrogen and oxygen atoms in total. The van der Waals surface area contributed by atoms with E-state index in [0.29, 0.717) is 5.75 Å². The number of rotatable bonds is 5. The van der Waals surface area contributed by atoms with Crippen molar-refractivity contribution in [1.29, 1.82) is 0 Å². The third kappa shape index (κ3) is 4.49. The molecule has 1 aromatic carbocycles. The Kier molecular flexibility index (Phi) is 4.68. The second-order valence-electron chi connectivity index (χ2n) is 3.41. The van der Waals surface area contributed by atoms with Gasteiger partial charge < -0.3 is 0 Å². The lowest BCUT2D eigenvalue weighted by atomic mass is 10.1. The van der Waals surface area contributed by atoms with Gasteiger partial charge in [0.1, 0.15) is 0 Å². The van der Waals surface area contributed by atoms with Gasteiger partial charge in [-0.1, -0.05) is 25.5 Å². The number of carbonyl (C=O) groups excluding carboxylic acids is 1. The Morgan fingerprint density at radius 1 is 1.27 bits per heavy atom. The minimum absolute atomic E-state index is 0.454. The molecule has 0 aliphatic rings. The van der Waals surface area contributed by atoms with Crippen LogP contribution in [0.3, 0.4) is 0 Å². The van der Waals surface area contributed by atoms with E-state index in [0.717, 1.165) is 6.42 Å². The van der Waals surface area contributed by atoms with E-state index in [4.69, 9.17) is 4.89 Å². The van der Waals surface area contributed by atoms with Crippen molar-refractivity contribution in [3.05, 3.63) is 29.8 Å². The molecule has 82 valence electrons. The summed E-state index contributed by atoms with van der Waals surface area (Å²) in [6.45, 7) is 3.47. The van der Waals surface area contributed by atoms with E-state index in [-0.39, 0.29) is 0 Å². The molecule has 0 aliphatic heterocycles. The summed E-state index contributed by atoms with van der Waals surface area (Å²) < 4.78 is 0. The topological polar surface area (TPSA) is 35.5 Å². The summed E-state index contributed by atoms with van der Waals surface area (Å²) in [5, 5.41) is 0. The molecule has 0 saturated carbocycles. The van der Waals surface area contributed by atoms with Crippen LogP contribution >= 0.6 is 0 Å². The molecule has 0 amide bonds. The van der Waals surface area contributed by atoms with Crippen LogP contribution in [0.5, 0.6) is 5.75 Å². The van der Waals surface area contributed by atoms with Crippen molar-refractivity contribution >= 4 is 5.97 Å². The van der Waals surface area contributed by atoms with Crippen LogP contribution in [-0.4, -0.2) is 5.97 Å². The van der Waals surface area contributed by atoms with Crippen molar-refractivity contribution in [2.24, 2.45) is 0 Å². The molecule has 0 aliphatic carbocycles. The van der Waals surface area contributed by atoms with E-state index in [1.54, 1.807) is 12.1 Å². The third-order valence-electron chi connectivity index (χ3n) is 2.00. The zero-order chi connectivity index (χ0) is 11.1. The largest absolute Gasteiger partial charge is 0.352 e. The molecule has 0 saturated heterocycles. The Labute approximate surface area is 89.9 Å². The van der Waals surface area contributed by atoms with Gasteiger partial charge in [0.2, 0.25) is 0 Å². The van der Waals surface area contributed by atoms with Gasteiger partial charge in [-0.05, 0) is 30.5 Å². The summed E-state index contributed by atoms with van der Waals surface area (Å²) in [5.41, 5.74) is 1.27. The molecule has 0 heterocycles. The highest BCUT2D eigenvalue weighted by Crippen LogP contribution is 2.14. The van der Waals surface area contributed by atoms with E-state index in [9.17, 15) is 4.79 Å². The van der Waals surface area contributed by atoms with Gasteiger partial charge in [-0.3, -0.25) is 9.78 Å². The smallest absolute Gasteiger partial charge is 0.287 e.